The average Bonchev–Trinajstić information content (AvgIpc) is 3.23. The number of carbonyl (C=O) groups excluding carboxylic acids is 1. The number of benzene rings is 1. The molecule has 1 saturated heterocycles. The van der Waals surface area contributed by atoms with E-state index in [0.29, 0.717) is 11.9 Å². The maximum absolute atomic E-state index is 12.5. The first-order chi connectivity index (χ1) is 10.8. The van der Waals surface area contributed by atoms with Gasteiger partial charge in [0.05, 0.1) is 16.3 Å². The summed E-state index contributed by atoms with van der Waals surface area (Å²) in [6.45, 7) is 5.46. The molecule has 1 aromatic carbocycles. The third-order valence-electron chi connectivity index (χ3n) is 4.36. The van der Waals surface area contributed by atoms with Crippen LogP contribution in [-0.2, 0) is 11.3 Å². The van der Waals surface area contributed by atoms with Gasteiger partial charge in [-0.25, -0.2) is 4.98 Å². The van der Waals surface area contributed by atoms with Crippen LogP contribution < -0.4 is 0 Å². The van der Waals surface area contributed by atoms with E-state index in [1.54, 1.807) is 11.8 Å². The average molecular weight is 313 g/mol. The standard InChI is InChI=1S/C17H19N3OS/c1-2-10-20-14-6-4-3-5-13(14)18-17(20)22-15-9-11-19(16(15)21)12-7-8-12/h2-6,12,15H,1,7-11H2/t15-/m0/s1. The zero-order chi connectivity index (χ0) is 15.1. The third-order valence-corrected chi connectivity index (χ3v) is 5.60. The second kappa shape index (κ2) is 5.47. The van der Waals surface area contributed by atoms with Crippen LogP contribution in [0.25, 0.3) is 11.0 Å². The summed E-state index contributed by atoms with van der Waals surface area (Å²) in [5, 5.41) is 0.943. The summed E-state index contributed by atoms with van der Waals surface area (Å²) in [6.07, 6.45) is 5.17. The van der Waals surface area contributed by atoms with Crippen LogP contribution in [0.1, 0.15) is 19.3 Å². The molecule has 2 fully saturated rings. The van der Waals surface area contributed by atoms with E-state index in [9.17, 15) is 4.79 Å². The van der Waals surface area contributed by atoms with Crippen molar-refractivity contribution in [2.24, 2.45) is 0 Å². The Balaban J connectivity index is 1.62. The van der Waals surface area contributed by atoms with Gasteiger partial charge in [0, 0.05) is 19.1 Å². The van der Waals surface area contributed by atoms with Gasteiger partial charge in [0.1, 0.15) is 0 Å². The van der Waals surface area contributed by atoms with Crippen molar-refractivity contribution in [2.45, 2.75) is 42.3 Å². The topological polar surface area (TPSA) is 38.1 Å². The normalized spacial score (nSPS) is 21.7. The maximum atomic E-state index is 12.5. The molecule has 4 rings (SSSR count). The Hall–Kier alpha value is -1.75. The molecule has 1 saturated carbocycles. The minimum Gasteiger partial charge on any atom is -0.339 e. The van der Waals surface area contributed by atoms with E-state index in [1.807, 2.05) is 24.3 Å². The Labute approximate surface area is 134 Å². The Morgan fingerprint density at radius 1 is 1.32 bits per heavy atom. The highest BCUT2D eigenvalue weighted by atomic mass is 32.2. The third kappa shape index (κ3) is 2.33. The van der Waals surface area contributed by atoms with E-state index in [-0.39, 0.29) is 5.25 Å². The first kappa shape index (κ1) is 13.9. The molecule has 2 heterocycles. The first-order valence-corrected chi connectivity index (χ1v) is 8.69. The summed E-state index contributed by atoms with van der Waals surface area (Å²) in [7, 11) is 0. The minimum atomic E-state index is 0.0148. The van der Waals surface area contributed by atoms with Gasteiger partial charge in [-0.3, -0.25) is 4.79 Å². The molecule has 5 heteroatoms. The highest BCUT2D eigenvalue weighted by Gasteiger charge is 2.41. The van der Waals surface area contributed by atoms with Crippen LogP contribution in [0, 0.1) is 0 Å². The van der Waals surface area contributed by atoms with Crippen molar-refractivity contribution in [3.05, 3.63) is 36.9 Å². The van der Waals surface area contributed by atoms with Crippen LogP contribution in [0.3, 0.4) is 0 Å². The molecular formula is C17H19N3OS. The quantitative estimate of drug-likeness (QED) is 0.796. The van der Waals surface area contributed by atoms with E-state index < -0.39 is 0 Å². The molecule has 0 unspecified atom stereocenters. The lowest BCUT2D eigenvalue weighted by molar-refractivity contribution is -0.127. The van der Waals surface area contributed by atoms with Crippen molar-refractivity contribution in [2.75, 3.05) is 6.54 Å². The van der Waals surface area contributed by atoms with E-state index in [2.05, 4.69) is 22.1 Å². The number of amides is 1. The Morgan fingerprint density at radius 2 is 2.14 bits per heavy atom. The van der Waals surface area contributed by atoms with E-state index in [1.165, 1.54) is 12.8 Å². The second-order valence-corrected chi connectivity index (χ2v) is 7.11. The fraction of sp³-hybridized carbons (Fsp3) is 0.412. The van der Waals surface area contributed by atoms with Crippen molar-refractivity contribution >= 4 is 28.7 Å². The molecular weight excluding hydrogens is 294 g/mol. The first-order valence-electron chi connectivity index (χ1n) is 7.81. The number of fused-ring (bicyclic) bond motifs is 1. The van der Waals surface area contributed by atoms with E-state index in [4.69, 9.17) is 4.98 Å². The van der Waals surface area contributed by atoms with Crippen LogP contribution in [0.15, 0.2) is 42.1 Å². The monoisotopic (exact) mass is 313 g/mol. The van der Waals surface area contributed by atoms with Gasteiger partial charge in [0.25, 0.3) is 0 Å². The number of carbonyl (C=O) groups is 1. The number of hydrogen-bond acceptors (Lipinski definition) is 3. The van der Waals surface area contributed by atoms with Crippen LogP contribution in [-0.4, -0.2) is 38.2 Å². The van der Waals surface area contributed by atoms with Crippen LogP contribution in [0.2, 0.25) is 0 Å². The smallest absolute Gasteiger partial charge is 0.236 e. The predicted octanol–water partition coefficient (Wildman–Crippen LogP) is 3.08. The molecule has 1 aliphatic heterocycles. The molecule has 2 aliphatic rings. The number of allylic oxidation sites excluding steroid dienone is 1. The number of para-hydroxylation sites is 2. The van der Waals surface area contributed by atoms with Gasteiger partial charge in [0.15, 0.2) is 5.16 Å². The Kier molecular flexibility index (Phi) is 3.45. The van der Waals surface area contributed by atoms with Crippen LogP contribution >= 0.6 is 11.8 Å². The second-order valence-electron chi connectivity index (χ2n) is 5.94. The SMILES string of the molecule is C=CCn1c(S[C@H]2CCN(C3CC3)C2=O)nc2ccccc21. The molecule has 114 valence electrons. The highest BCUT2D eigenvalue weighted by molar-refractivity contribution is 8.00. The van der Waals surface area contributed by atoms with Gasteiger partial charge in [-0.05, 0) is 31.4 Å². The molecule has 1 aromatic heterocycles. The minimum absolute atomic E-state index is 0.0148. The van der Waals surface area contributed by atoms with Gasteiger partial charge in [0.2, 0.25) is 5.91 Å². The lowest BCUT2D eigenvalue weighted by Crippen LogP contribution is -2.30. The van der Waals surface area contributed by atoms with Crippen molar-refractivity contribution < 1.29 is 4.79 Å². The molecule has 0 N–H and O–H groups in total. The van der Waals surface area contributed by atoms with E-state index >= 15 is 0 Å². The van der Waals surface area contributed by atoms with Gasteiger partial charge in [-0.1, -0.05) is 30.0 Å². The molecule has 0 spiro atoms. The van der Waals surface area contributed by atoms with E-state index in [0.717, 1.165) is 35.7 Å². The number of aromatic nitrogens is 2. The highest BCUT2D eigenvalue weighted by Crippen LogP contribution is 2.37. The van der Waals surface area contributed by atoms with Gasteiger partial charge < -0.3 is 9.47 Å². The lowest BCUT2D eigenvalue weighted by Gasteiger charge is -2.15. The largest absolute Gasteiger partial charge is 0.339 e. The van der Waals surface area contributed by atoms with Gasteiger partial charge >= 0.3 is 0 Å². The Morgan fingerprint density at radius 3 is 2.91 bits per heavy atom. The lowest BCUT2D eigenvalue weighted by atomic mass is 10.3. The zero-order valence-electron chi connectivity index (χ0n) is 12.4. The Bertz CT molecular complexity index is 735. The van der Waals surface area contributed by atoms with Gasteiger partial charge in [-0.15, -0.1) is 6.58 Å². The fourth-order valence-corrected chi connectivity index (χ4v) is 4.27. The number of nitrogens with zero attached hydrogens (tertiary/aromatic N) is 3. The molecule has 0 radical (unpaired) electrons. The number of rotatable bonds is 5. The molecule has 0 bridgehead atoms. The maximum Gasteiger partial charge on any atom is 0.236 e. The molecule has 4 nitrogen and oxygen atoms in total. The van der Waals surface area contributed by atoms with Crippen molar-refractivity contribution in [3.8, 4) is 0 Å². The fourth-order valence-electron chi connectivity index (χ4n) is 3.11. The van der Waals surface area contributed by atoms with Crippen molar-refractivity contribution in [3.63, 3.8) is 0 Å². The van der Waals surface area contributed by atoms with Crippen molar-refractivity contribution in [1.29, 1.82) is 0 Å². The zero-order valence-corrected chi connectivity index (χ0v) is 13.3. The number of imidazole rings is 1. The van der Waals surface area contributed by atoms with Crippen LogP contribution in [0.4, 0.5) is 0 Å². The summed E-state index contributed by atoms with van der Waals surface area (Å²) >= 11 is 1.61. The summed E-state index contributed by atoms with van der Waals surface area (Å²) in [6, 6.07) is 8.63. The van der Waals surface area contributed by atoms with Crippen molar-refractivity contribution in [1.82, 2.24) is 14.5 Å². The summed E-state index contributed by atoms with van der Waals surface area (Å²) in [5.41, 5.74) is 2.09. The summed E-state index contributed by atoms with van der Waals surface area (Å²) in [5.74, 6) is 0.296. The van der Waals surface area contributed by atoms with Gasteiger partial charge in [-0.2, -0.15) is 0 Å². The predicted molar refractivity (Wildman–Crippen MR) is 88.9 cm³/mol. The molecule has 1 amide bonds. The number of hydrogen-bond donors (Lipinski definition) is 0. The number of likely N-dealkylation sites (tertiary alicyclic amines) is 1. The molecule has 1 atom stereocenters. The molecule has 1 aliphatic carbocycles. The molecule has 22 heavy (non-hydrogen) atoms. The van der Waals surface area contributed by atoms with Crippen LogP contribution in [0.5, 0.6) is 0 Å². The summed E-state index contributed by atoms with van der Waals surface area (Å²) in [4.78, 5) is 19.3. The summed E-state index contributed by atoms with van der Waals surface area (Å²) < 4.78 is 2.15. The molecule has 2 aromatic rings. The number of thioether (sulfide) groups is 1.